The summed E-state index contributed by atoms with van der Waals surface area (Å²) in [4.78, 5) is 12.5. The average Bonchev–Trinajstić information content (AvgIpc) is 3.33. The first-order chi connectivity index (χ1) is 13.2. The zero-order chi connectivity index (χ0) is 20.1. The van der Waals surface area contributed by atoms with E-state index in [9.17, 15) is 18.0 Å². The molecule has 0 aliphatic carbocycles. The molecule has 2 atom stereocenters. The van der Waals surface area contributed by atoms with Crippen molar-refractivity contribution in [3.63, 3.8) is 0 Å². The van der Waals surface area contributed by atoms with Crippen molar-refractivity contribution < 1.29 is 22.4 Å². The summed E-state index contributed by atoms with van der Waals surface area (Å²) in [5, 5.41) is 13.6. The van der Waals surface area contributed by atoms with E-state index in [0.29, 0.717) is 17.1 Å². The second kappa shape index (κ2) is 6.43. The zero-order valence-electron chi connectivity index (χ0n) is 15.0. The number of rotatable bonds is 3. The molecule has 8 nitrogen and oxygen atoms in total. The number of halogens is 3. The summed E-state index contributed by atoms with van der Waals surface area (Å²) in [6.45, 7) is 1.71. The number of anilines is 2. The Morgan fingerprint density at radius 3 is 2.79 bits per heavy atom. The van der Waals surface area contributed by atoms with E-state index in [1.54, 1.807) is 32.3 Å². The highest BCUT2D eigenvalue weighted by Gasteiger charge is 2.47. The van der Waals surface area contributed by atoms with Crippen LogP contribution in [-0.4, -0.2) is 31.6 Å². The third kappa shape index (κ3) is 3.23. The molecule has 1 amide bonds. The van der Waals surface area contributed by atoms with Gasteiger partial charge in [0, 0.05) is 25.7 Å². The maximum absolute atomic E-state index is 13.6. The van der Waals surface area contributed by atoms with Gasteiger partial charge in [0.25, 0.3) is 5.91 Å². The number of furan rings is 1. The lowest BCUT2D eigenvalue weighted by Gasteiger charge is -2.32. The van der Waals surface area contributed by atoms with Crippen molar-refractivity contribution >= 4 is 17.4 Å². The molecule has 0 bridgehead atoms. The Morgan fingerprint density at radius 2 is 2.18 bits per heavy atom. The summed E-state index contributed by atoms with van der Waals surface area (Å²) in [5.74, 6) is -0.128. The molecule has 1 aliphatic heterocycles. The van der Waals surface area contributed by atoms with E-state index in [2.05, 4.69) is 20.8 Å². The van der Waals surface area contributed by atoms with Crippen LogP contribution in [0.2, 0.25) is 0 Å². The van der Waals surface area contributed by atoms with E-state index in [4.69, 9.17) is 4.42 Å². The van der Waals surface area contributed by atoms with Crippen molar-refractivity contribution in [2.24, 2.45) is 7.05 Å². The first-order valence-corrected chi connectivity index (χ1v) is 8.50. The lowest BCUT2D eigenvalue weighted by molar-refractivity contribution is -0.174. The highest BCUT2D eigenvalue weighted by atomic mass is 19.4. The van der Waals surface area contributed by atoms with Crippen LogP contribution in [0.4, 0.5) is 24.7 Å². The number of hydrogen-bond donors (Lipinski definition) is 2. The number of amides is 1. The zero-order valence-corrected chi connectivity index (χ0v) is 15.0. The molecule has 0 radical (unpaired) electrons. The average molecular weight is 394 g/mol. The molecule has 0 saturated carbocycles. The van der Waals surface area contributed by atoms with Gasteiger partial charge in [-0.2, -0.15) is 23.4 Å². The van der Waals surface area contributed by atoms with Gasteiger partial charge in [0.05, 0.1) is 23.7 Å². The van der Waals surface area contributed by atoms with E-state index >= 15 is 0 Å². The third-order valence-electron chi connectivity index (χ3n) is 4.57. The summed E-state index contributed by atoms with van der Waals surface area (Å²) in [5.41, 5.74) is 0.927. The summed E-state index contributed by atoms with van der Waals surface area (Å²) < 4.78 is 48.4. The lowest BCUT2D eigenvalue weighted by Crippen LogP contribution is -2.35. The molecule has 3 aromatic rings. The fraction of sp³-hybridized carbons (Fsp3) is 0.353. The summed E-state index contributed by atoms with van der Waals surface area (Å²) in [7, 11) is 1.70. The van der Waals surface area contributed by atoms with Crippen molar-refractivity contribution in [2.75, 3.05) is 10.6 Å². The molecular weight excluding hydrogens is 377 g/mol. The van der Waals surface area contributed by atoms with Crippen LogP contribution in [0, 0.1) is 6.92 Å². The molecule has 0 unspecified atom stereocenters. The molecule has 0 fully saturated rings. The van der Waals surface area contributed by atoms with Gasteiger partial charge in [-0.15, -0.1) is 0 Å². The first kappa shape index (κ1) is 18.1. The van der Waals surface area contributed by atoms with Crippen LogP contribution in [0.1, 0.15) is 40.4 Å². The standard InChI is InChI=1S/C17H17F3N6O2/c1-9-12(8-25(2)23-9)22-16(27)11-7-15-21-10(13-4-3-5-28-13)6-14(17(18,19)20)26(15)24-11/h3-5,7-8,10,14,21H,6H2,1-2H3,(H,22,27)/t10-,14+/m0/s1. The molecule has 1 aliphatic rings. The van der Waals surface area contributed by atoms with Gasteiger partial charge in [0.1, 0.15) is 11.6 Å². The maximum Gasteiger partial charge on any atom is 0.410 e. The van der Waals surface area contributed by atoms with Crippen molar-refractivity contribution in [1.29, 1.82) is 0 Å². The van der Waals surface area contributed by atoms with Crippen molar-refractivity contribution in [1.82, 2.24) is 19.6 Å². The predicted molar refractivity (Wildman–Crippen MR) is 92.9 cm³/mol. The lowest BCUT2D eigenvalue weighted by atomic mass is 10.0. The fourth-order valence-electron chi connectivity index (χ4n) is 3.27. The van der Waals surface area contributed by atoms with Gasteiger partial charge >= 0.3 is 6.18 Å². The molecule has 11 heteroatoms. The van der Waals surface area contributed by atoms with Crippen molar-refractivity contribution in [2.45, 2.75) is 31.6 Å². The Balaban J connectivity index is 1.65. The molecule has 0 aromatic carbocycles. The number of nitrogens with one attached hydrogen (secondary N) is 2. The van der Waals surface area contributed by atoms with Crippen LogP contribution in [0.25, 0.3) is 0 Å². The van der Waals surface area contributed by atoms with E-state index in [-0.39, 0.29) is 17.9 Å². The Bertz CT molecular complexity index is 1000. The molecular formula is C17H17F3N6O2. The van der Waals surface area contributed by atoms with Gasteiger partial charge in [0.2, 0.25) is 0 Å². The highest BCUT2D eigenvalue weighted by Crippen LogP contribution is 2.43. The van der Waals surface area contributed by atoms with Crippen molar-refractivity contribution in [3.05, 3.63) is 47.8 Å². The maximum atomic E-state index is 13.6. The molecule has 0 saturated heterocycles. The third-order valence-corrected chi connectivity index (χ3v) is 4.57. The Kier molecular flexibility index (Phi) is 4.16. The van der Waals surface area contributed by atoms with Crippen LogP contribution >= 0.6 is 0 Å². The highest BCUT2D eigenvalue weighted by molar-refractivity contribution is 6.03. The normalized spacial score (nSPS) is 19.2. The summed E-state index contributed by atoms with van der Waals surface area (Å²) in [6, 6.07) is 1.97. The Labute approximate surface area is 157 Å². The van der Waals surface area contributed by atoms with Gasteiger partial charge in [-0.25, -0.2) is 4.68 Å². The SMILES string of the molecule is Cc1nn(C)cc1NC(=O)c1cc2n(n1)[C@@H](C(F)(F)F)C[C@@H](c1ccco1)N2. The van der Waals surface area contributed by atoms with Crippen molar-refractivity contribution in [3.8, 4) is 0 Å². The van der Waals surface area contributed by atoms with Crippen LogP contribution in [0.3, 0.4) is 0 Å². The van der Waals surface area contributed by atoms with E-state index in [1.807, 2.05) is 0 Å². The van der Waals surface area contributed by atoms with Crippen LogP contribution in [0.5, 0.6) is 0 Å². The van der Waals surface area contributed by atoms with E-state index in [0.717, 1.165) is 4.68 Å². The molecule has 2 N–H and O–H groups in total. The molecule has 0 spiro atoms. The first-order valence-electron chi connectivity index (χ1n) is 8.50. The number of nitrogens with zero attached hydrogens (tertiary/aromatic N) is 4. The van der Waals surface area contributed by atoms with Gasteiger partial charge in [-0.05, 0) is 19.1 Å². The summed E-state index contributed by atoms with van der Waals surface area (Å²) in [6.07, 6.45) is -1.82. The van der Waals surface area contributed by atoms with Gasteiger partial charge in [0.15, 0.2) is 11.7 Å². The largest absolute Gasteiger partial charge is 0.467 e. The second-order valence-corrected chi connectivity index (χ2v) is 6.62. The fourth-order valence-corrected chi connectivity index (χ4v) is 3.27. The van der Waals surface area contributed by atoms with Gasteiger partial charge < -0.3 is 15.1 Å². The van der Waals surface area contributed by atoms with Gasteiger partial charge in [-0.1, -0.05) is 0 Å². The minimum atomic E-state index is -4.53. The number of carbonyl (C=O) groups is 1. The number of aromatic nitrogens is 4. The minimum absolute atomic E-state index is 0.100. The summed E-state index contributed by atoms with van der Waals surface area (Å²) >= 11 is 0. The number of aryl methyl sites for hydroxylation is 2. The minimum Gasteiger partial charge on any atom is -0.467 e. The number of carbonyl (C=O) groups excluding carboxylic acids is 1. The topological polar surface area (TPSA) is 89.9 Å². The van der Waals surface area contributed by atoms with E-state index < -0.39 is 24.2 Å². The van der Waals surface area contributed by atoms with Crippen LogP contribution in [-0.2, 0) is 7.05 Å². The number of hydrogen-bond acceptors (Lipinski definition) is 5. The number of alkyl halides is 3. The molecule has 3 aromatic heterocycles. The molecule has 28 heavy (non-hydrogen) atoms. The van der Waals surface area contributed by atoms with E-state index in [1.165, 1.54) is 17.0 Å². The quantitative estimate of drug-likeness (QED) is 0.710. The number of fused-ring (bicyclic) bond motifs is 1. The molecule has 148 valence electrons. The Hall–Kier alpha value is -3.24. The van der Waals surface area contributed by atoms with Crippen LogP contribution < -0.4 is 10.6 Å². The smallest absolute Gasteiger partial charge is 0.410 e. The monoisotopic (exact) mass is 394 g/mol. The molecule has 4 heterocycles. The van der Waals surface area contributed by atoms with Gasteiger partial charge in [-0.3, -0.25) is 9.48 Å². The second-order valence-electron chi connectivity index (χ2n) is 6.62. The Morgan fingerprint density at radius 1 is 1.39 bits per heavy atom. The van der Waals surface area contributed by atoms with Crippen LogP contribution in [0.15, 0.2) is 35.1 Å². The predicted octanol–water partition coefficient (Wildman–Crippen LogP) is 3.43. The molecule has 4 rings (SSSR count).